The highest BCUT2D eigenvalue weighted by Crippen LogP contribution is 2.29. The van der Waals surface area contributed by atoms with Gasteiger partial charge in [-0.2, -0.15) is 0 Å². The summed E-state index contributed by atoms with van der Waals surface area (Å²) in [5.41, 5.74) is 8.54. The van der Waals surface area contributed by atoms with Crippen LogP contribution in [0.25, 0.3) is 16.8 Å². The van der Waals surface area contributed by atoms with E-state index in [0.29, 0.717) is 12.2 Å². The number of pyridine rings is 1. The van der Waals surface area contributed by atoms with E-state index < -0.39 is 13.0 Å². The lowest BCUT2D eigenvalue weighted by molar-refractivity contribution is -0.119. The van der Waals surface area contributed by atoms with Gasteiger partial charge >= 0.3 is 7.12 Å². The largest absolute Gasteiger partial charge is 0.552 e. The molecule has 1 unspecified atom stereocenters. The molecular formula is C21H19BN2O3. The van der Waals surface area contributed by atoms with Gasteiger partial charge in [0, 0.05) is 36.3 Å². The molecule has 0 fully saturated rings. The van der Waals surface area contributed by atoms with Crippen LogP contribution in [0.2, 0.25) is 0 Å². The number of nitrogens with two attached hydrogens (primary N) is 1. The molecule has 27 heavy (non-hydrogen) atoms. The topological polar surface area (TPSA) is 85.4 Å². The van der Waals surface area contributed by atoms with Crippen LogP contribution in [0.15, 0.2) is 60.8 Å². The third kappa shape index (κ3) is 3.63. The number of ketones is 1. The van der Waals surface area contributed by atoms with E-state index in [1.807, 2.05) is 36.4 Å². The Hall–Kier alpha value is -2.96. The van der Waals surface area contributed by atoms with Gasteiger partial charge in [-0.3, -0.25) is 9.78 Å². The first-order valence-electron chi connectivity index (χ1n) is 8.86. The van der Waals surface area contributed by atoms with Gasteiger partial charge < -0.3 is 15.4 Å². The summed E-state index contributed by atoms with van der Waals surface area (Å²) in [6, 6.07) is 13.4. The Morgan fingerprint density at radius 3 is 2.93 bits per heavy atom. The Labute approximate surface area is 157 Å². The quantitative estimate of drug-likeness (QED) is 0.685. The first kappa shape index (κ1) is 17.5. The number of aromatic nitrogens is 1. The summed E-state index contributed by atoms with van der Waals surface area (Å²) >= 11 is 0. The predicted octanol–water partition coefficient (Wildman–Crippen LogP) is 2.51. The highest BCUT2D eigenvalue weighted by molar-refractivity contribution is 6.51. The summed E-state index contributed by atoms with van der Waals surface area (Å²) in [6.07, 6.45) is 5.66. The van der Waals surface area contributed by atoms with E-state index in [9.17, 15) is 9.82 Å². The molecule has 0 amide bonds. The number of carbonyl (C=O) groups excluding carboxylic acids is 1. The van der Waals surface area contributed by atoms with Crippen molar-refractivity contribution in [1.29, 1.82) is 0 Å². The highest BCUT2D eigenvalue weighted by Gasteiger charge is 2.23. The third-order valence-electron chi connectivity index (χ3n) is 4.84. The number of fused-ring (bicyclic) bond motifs is 2. The molecule has 0 radical (unpaired) electrons. The second-order valence-electron chi connectivity index (χ2n) is 6.65. The molecule has 2 heterocycles. The van der Waals surface area contributed by atoms with Crippen LogP contribution in [0.5, 0.6) is 5.75 Å². The molecule has 3 N–H and O–H groups in total. The second-order valence-corrected chi connectivity index (χ2v) is 6.65. The van der Waals surface area contributed by atoms with Gasteiger partial charge in [-0.1, -0.05) is 36.4 Å². The molecule has 0 saturated heterocycles. The number of hydrogen-bond acceptors (Lipinski definition) is 5. The summed E-state index contributed by atoms with van der Waals surface area (Å²) in [5, 5.41) is 11.7. The highest BCUT2D eigenvalue weighted by atomic mass is 16.5. The van der Waals surface area contributed by atoms with E-state index in [2.05, 4.69) is 4.98 Å². The summed E-state index contributed by atoms with van der Waals surface area (Å²) in [7, 11) is -0.966. The van der Waals surface area contributed by atoms with Crippen molar-refractivity contribution in [3.8, 4) is 5.75 Å². The maximum absolute atomic E-state index is 12.9. The number of nitrogens with zero attached hydrogens (tertiary/aromatic N) is 1. The summed E-state index contributed by atoms with van der Waals surface area (Å²) in [5.74, 6) is 1.77. The smallest absolute Gasteiger partial charge is 0.532 e. The van der Waals surface area contributed by atoms with Crippen molar-refractivity contribution in [2.45, 2.75) is 12.3 Å². The molecule has 5 nitrogen and oxygen atoms in total. The zero-order chi connectivity index (χ0) is 18.8. The molecule has 3 aromatic rings. The monoisotopic (exact) mass is 358 g/mol. The molecule has 1 atom stereocenters. The number of benzene rings is 2. The minimum atomic E-state index is -0.966. The van der Waals surface area contributed by atoms with E-state index in [1.54, 1.807) is 30.5 Å². The minimum absolute atomic E-state index is 0.0535. The summed E-state index contributed by atoms with van der Waals surface area (Å²) in [6.45, 7) is 0.216. The van der Waals surface area contributed by atoms with E-state index >= 15 is 0 Å². The fraction of sp³-hybridized carbons (Fsp3) is 0.143. The molecule has 134 valence electrons. The molecule has 1 aromatic heterocycles. The maximum Gasteiger partial charge on any atom is 0.552 e. The van der Waals surface area contributed by atoms with E-state index in [4.69, 9.17) is 10.4 Å². The molecule has 1 aliphatic heterocycles. The van der Waals surface area contributed by atoms with Crippen LogP contribution >= 0.6 is 0 Å². The summed E-state index contributed by atoms with van der Waals surface area (Å²) in [4.78, 5) is 17.0. The number of rotatable bonds is 5. The first-order chi connectivity index (χ1) is 13.1. The molecule has 2 aromatic carbocycles. The molecule has 0 bridgehead atoms. The van der Waals surface area contributed by atoms with Crippen molar-refractivity contribution < 1.29 is 14.5 Å². The van der Waals surface area contributed by atoms with Crippen LogP contribution in [0.1, 0.15) is 22.6 Å². The lowest BCUT2D eigenvalue weighted by Gasteiger charge is -2.19. The van der Waals surface area contributed by atoms with Gasteiger partial charge in [0.05, 0.1) is 5.92 Å². The van der Waals surface area contributed by atoms with Gasteiger partial charge in [-0.15, -0.1) is 0 Å². The van der Waals surface area contributed by atoms with Crippen LogP contribution in [0.4, 0.5) is 0 Å². The normalized spacial score (nSPS) is 13.9. The van der Waals surface area contributed by atoms with Crippen LogP contribution in [-0.4, -0.2) is 29.5 Å². The SMILES string of the molecule is NCC(C(=O)Cc1ccc2cnccc2c1)c1ccc2c(c1)OB(O)C=C2. The van der Waals surface area contributed by atoms with Crippen LogP contribution in [0, 0.1) is 0 Å². The molecule has 4 rings (SSSR count). The van der Waals surface area contributed by atoms with Crippen molar-refractivity contribution >= 4 is 29.8 Å². The van der Waals surface area contributed by atoms with Crippen molar-refractivity contribution in [2.24, 2.45) is 5.73 Å². The Bertz CT molecular complexity index is 1030. The van der Waals surface area contributed by atoms with Crippen LogP contribution in [-0.2, 0) is 11.2 Å². The van der Waals surface area contributed by atoms with Crippen LogP contribution < -0.4 is 10.4 Å². The summed E-state index contributed by atoms with van der Waals surface area (Å²) < 4.78 is 5.42. The number of hydrogen-bond donors (Lipinski definition) is 2. The number of carbonyl (C=O) groups is 1. The fourth-order valence-corrected chi connectivity index (χ4v) is 3.38. The third-order valence-corrected chi connectivity index (χ3v) is 4.84. The first-order valence-corrected chi connectivity index (χ1v) is 8.86. The Kier molecular flexibility index (Phi) is 4.75. The van der Waals surface area contributed by atoms with Crippen molar-refractivity contribution in [2.75, 3.05) is 6.54 Å². The molecule has 6 heteroatoms. The number of Topliss-reactive ketones (excluding diaryl/α,β-unsaturated/α-hetero) is 1. The Morgan fingerprint density at radius 2 is 2.07 bits per heavy atom. The van der Waals surface area contributed by atoms with Gasteiger partial charge in [0.15, 0.2) is 0 Å². The fourth-order valence-electron chi connectivity index (χ4n) is 3.38. The maximum atomic E-state index is 12.9. The average molecular weight is 358 g/mol. The molecular weight excluding hydrogens is 339 g/mol. The van der Waals surface area contributed by atoms with Crippen LogP contribution in [0.3, 0.4) is 0 Å². The predicted molar refractivity (Wildman–Crippen MR) is 106 cm³/mol. The Morgan fingerprint density at radius 1 is 1.19 bits per heavy atom. The van der Waals surface area contributed by atoms with Crippen molar-refractivity contribution in [3.63, 3.8) is 0 Å². The molecule has 0 saturated carbocycles. The lowest BCUT2D eigenvalue weighted by atomic mass is 9.85. The Balaban J connectivity index is 1.57. The van der Waals surface area contributed by atoms with E-state index in [-0.39, 0.29) is 12.3 Å². The molecule has 1 aliphatic rings. The van der Waals surface area contributed by atoms with Gasteiger partial charge in [-0.25, -0.2) is 0 Å². The molecule has 0 aliphatic carbocycles. The zero-order valence-corrected chi connectivity index (χ0v) is 14.7. The molecule has 0 spiro atoms. The second kappa shape index (κ2) is 7.35. The van der Waals surface area contributed by atoms with Gasteiger partial charge in [0.1, 0.15) is 11.5 Å². The van der Waals surface area contributed by atoms with E-state index in [1.165, 1.54) is 0 Å². The van der Waals surface area contributed by atoms with Gasteiger partial charge in [-0.05, 0) is 34.6 Å². The zero-order valence-electron chi connectivity index (χ0n) is 14.7. The lowest BCUT2D eigenvalue weighted by Crippen LogP contribution is -2.25. The van der Waals surface area contributed by atoms with Crippen molar-refractivity contribution in [1.82, 2.24) is 4.98 Å². The van der Waals surface area contributed by atoms with Crippen molar-refractivity contribution in [3.05, 3.63) is 77.5 Å². The van der Waals surface area contributed by atoms with E-state index in [0.717, 1.165) is 27.5 Å². The minimum Gasteiger partial charge on any atom is -0.532 e. The van der Waals surface area contributed by atoms with Gasteiger partial charge in [0.25, 0.3) is 0 Å². The standard InChI is InChI=1S/C21H19BN2O3/c23-12-19(17-4-3-15-5-7-22(26)27-21(15)11-17)20(25)10-14-1-2-18-13-24-8-6-16(18)9-14/h1-9,11,13,19,26H,10,12,23H2. The van der Waals surface area contributed by atoms with Gasteiger partial charge in [0.2, 0.25) is 0 Å². The average Bonchev–Trinajstić information content (AvgIpc) is 2.68.